The minimum atomic E-state index is -0.644. The molecule has 0 bridgehead atoms. The Kier molecular flexibility index (Phi) is 6.45. The van der Waals surface area contributed by atoms with Crippen molar-refractivity contribution < 1.29 is 9.59 Å². The Hall–Kier alpha value is -3.98. The third kappa shape index (κ3) is 4.42. The molecule has 0 saturated heterocycles. The third-order valence-electron chi connectivity index (χ3n) is 5.79. The van der Waals surface area contributed by atoms with Gasteiger partial charge in [0.05, 0.1) is 16.0 Å². The van der Waals surface area contributed by atoms with E-state index in [2.05, 4.69) is 5.32 Å². The van der Waals surface area contributed by atoms with Crippen LogP contribution in [-0.2, 0) is 11.3 Å². The summed E-state index contributed by atoms with van der Waals surface area (Å²) in [5, 5.41) is 3.11. The number of aromatic nitrogens is 2. The average Bonchev–Trinajstić information content (AvgIpc) is 3.16. The van der Waals surface area contributed by atoms with Crippen LogP contribution in [0.1, 0.15) is 26.4 Å². The summed E-state index contributed by atoms with van der Waals surface area (Å²) in [5.41, 5.74) is 2.33. The van der Waals surface area contributed by atoms with E-state index in [0.29, 0.717) is 26.6 Å². The van der Waals surface area contributed by atoms with Crippen LogP contribution < -0.4 is 16.6 Å². The number of hydrogen-bond donors (Lipinski definition) is 1. The molecule has 0 spiro atoms. The van der Waals surface area contributed by atoms with Crippen molar-refractivity contribution in [1.29, 1.82) is 0 Å². The van der Waals surface area contributed by atoms with Gasteiger partial charge in [0.15, 0.2) is 0 Å². The smallest absolute Gasteiger partial charge is 0.337 e. The lowest BCUT2D eigenvalue weighted by Gasteiger charge is -2.13. The molecule has 180 valence electrons. The van der Waals surface area contributed by atoms with Crippen molar-refractivity contribution >= 4 is 39.1 Å². The molecule has 0 radical (unpaired) electrons. The number of nitrogens with zero attached hydrogens (tertiary/aromatic N) is 3. The van der Waals surface area contributed by atoms with Crippen LogP contribution in [0.25, 0.3) is 15.9 Å². The molecule has 1 N–H and O–H groups in total. The summed E-state index contributed by atoms with van der Waals surface area (Å²) in [5.74, 6) is -0.682. The second kappa shape index (κ2) is 9.34. The highest BCUT2D eigenvalue weighted by Crippen LogP contribution is 2.29. The fraction of sp³-hybridized carbons (Fsp3) is 0.231. The Morgan fingerprint density at radius 1 is 1.00 bits per heavy atom. The second-order valence-electron chi connectivity index (χ2n) is 8.65. The molecule has 35 heavy (non-hydrogen) atoms. The van der Waals surface area contributed by atoms with Crippen LogP contribution in [0.3, 0.4) is 0 Å². The summed E-state index contributed by atoms with van der Waals surface area (Å²) in [6.07, 6.45) is 0. The number of thiophene rings is 1. The SMILES string of the molecule is Cc1ccc(NC(=O)Cn2c(=O)n(-c3ccccc3)c(=O)c3c(C)c(C(=O)N(C)C)sc32)c(C)c1. The number of fused-ring (bicyclic) bond motifs is 1. The monoisotopic (exact) mass is 490 g/mol. The van der Waals surface area contributed by atoms with Gasteiger partial charge in [-0.05, 0) is 50.1 Å². The Balaban J connectivity index is 1.91. The Bertz CT molecular complexity index is 1580. The van der Waals surface area contributed by atoms with Crippen molar-refractivity contribution in [3.63, 3.8) is 0 Å². The van der Waals surface area contributed by atoms with Crippen LogP contribution in [0.2, 0.25) is 0 Å². The molecule has 2 aromatic carbocycles. The number of amides is 2. The normalized spacial score (nSPS) is 11.0. The van der Waals surface area contributed by atoms with E-state index in [-0.39, 0.29) is 17.8 Å². The summed E-state index contributed by atoms with van der Waals surface area (Å²) >= 11 is 1.05. The Labute approximate surface area is 206 Å². The van der Waals surface area contributed by atoms with Crippen LogP contribution in [-0.4, -0.2) is 39.9 Å². The lowest BCUT2D eigenvalue weighted by Crippen LogP contribution is -2.40. The Morgan fingerprint density at radius 2 is 1.69 bits per heavy atom. The molecule has 9 heteroatoms. The lowest BCUT2D eigenvalue weighted by molar-refractivity contribution is -0.116. The molecule has 2 heterocycles. The van der Waals surface area contributed by atoms with Crippen molar-refractivity contribution in [3.8, 4) is 5.69 Å². The van der Waals surface area contributed by atoms with Gasteiger partial charge in [-0.15, -0.1) is 11.3 Å². The molecular weight excluding hydrogens is 464 g/mol. The second-order valence-corrected chi connectivity index (χ2v) is 9.65. The minimum absolute atomic E-state index is 0.253. The molecule has 8 nitrogen and oxygen atoms in total. The molecule has 0 aliphatic rings. The maximum Gasteiger partial charge on any atom is 0.337 e. The number of hydrogen-bond acceptors (Lipinski definition) is 5. The maximum absolute atomic E-state index is 13.6. The van der Waals surface area contributed by atoms with Crippen LogP contribution in [0.5, 0.6) is 0 Å². The highest BCUT2D eigenvalue weighted by atomic mass is 32.1. The molecule has 0 aliphatic heterocycles. The number of carbonyl (C=O) groups is 2. The number of nitrogens with one attached hydrogen (secondary N) is 1. The van der Waals surface area contributed by atoms with Crippen molar-refractivity contribution in [1.82, 2.24) is 14.0 Å². The van der Waals surface area contributed by atoms with Crippen molar-refractivity contribution in [2.24, 2.45) is 0 Å². The zero-order chi connectivity index (χ0) is 25.4. The number of anilines is 1. The van der Waals surface area contributed by atoms with E-state index in [9.17, 15) is 19.2 Å². The van der Waals surface area contributed by atoms with Crippen LogP contribution in [0, 0.1) is 20.8 Å². The molecule has 2 amide bonds. The van der Waals surface area contributed by atoms with Gasteiger partial charge in [0.2, 0.25) is 5.91 Å². The summed E-state index contributed by atoms with van der Waals surface area (Å²) in [6, 6.07) is 14.2. The van der Waals surface area contributed by atoms with Gasteiger partial charge in [0.25, 0.3) is 11.5 Å². The van der Waals surface area contributed by atoms with E-state index >= 15 is 0 Å². The van der Waals surface area contributed by atoms with E-state index in [1.165, 1.54) is 9.47 Å². The van der Waals surface area contributed by atoms with Gasteiger partial charge in [-0.2, -0.15) is 0 Å². The van der Waals surface area contributed by atoms with Crippen LogP contribution >= 0.6 is 11.3 Å². The predicted octanol–water partition coefficient (Wildman–Crippen LogP) is 3.48. The predicted molar refractivity (Wildman–Crippen MR) is 139 cm³/mol. The van der Waals surface area contributed by atoms with Crippen LogP contribution in [0.4, 0.5) is 5.69 Å². The van der Waals surface area contributed by atoms with E-state index in [1.54, 1.807) is 51.4 Å². The quantitative estimate of drug-likeness (QED) is 0.464. The molecule has 0 fully saturated rings. The topological polar surface area (TPSA) is 93.4 Å². The van der Waals surface area contributed by atoms with Gasteiger partial charge in [-0.25, -0.2) is 9.36 Å². The fourth-order valence-electron chi connectivity index (χ4n) is 3.98. The molecule has 0 saturated carbocycles. The van der Waals surface area contributed by atoms with Crippen molar-refractivity contribution in [2.75, 3.05) is 19.4 Å². The van der Waals surface area contributed by atoms with Gasteiger partial charge in [0.1, 0.15) is 11.4 Å². The van der Waals surface area contributed by atoms with Gasteiger partial charge in [-0.1, -0.05) is 35.9 Å². The molecular formula is C26H26N4O4S. The summed E-state index contributed by atoms with van der Waals surface area (Å²) in [6.45, 7) is 5.24. The molecule has 0 unspecified atom stereocenters. The minimum Gasteiger partial charge on any atom is -0.344 e. The number of carbonyl (C=O) groups excluding carboxylic acids is 2. The van der Waals surface area contributed by atoms with E-state index < -0.39 is 17.2 Å². The zero-order valence-corrected chi connectivity index (χ0v) is 21.0. The first-order chi connectivity index (χ1) is 16.6. The van der Waals surface area contributed by atoms with Gasteiger partial charge in [0, 0.05) is 19.8 Å². The third-order valence-corrected chi connectivity index (χ3v) is 7.09. The van der Waals surface area contributed by atoms with E-state index in [4.69, 9.17) is 0 Å². The Morgan fingerprint density at radius 3 is 2.31 bits per heavy atom. The number of rotatable bonds is 5. The number of benzene rings is 2. The summed E-state index contributed by atoms with van der Waals surface area (Å²) in [7, 11) is 3.25. The standard InChI is InChI=1S/C26H26N4O4S/c1-15-11-12-19(16(2)13-15)27-20(31)14-29-25-21(17(3)22(35-25)24(33)28(4)5)23(32)30(26(29)34)18-9-7-6-8-10-18/h6-13H,14H2,1-5H3,(H,27,31). The van der Waals surface area contributed by atoms with Crippen molar-refractivity contribution in [3.05, 3.63) is 90.9 Å². The average molecular weight is 491 g/mol. The van der Waals surface area contributed by atoms with E-state index in [1.807, 2.05) is 32.0 Å². The number of aryl methyl sites for hydroxylation is 3. The van der Waals surface area contributed by atoms with Gasteiger partial charge >= 0.3 is 5.69 Å². The van der Waals surface area contributed by atoms with E-state index in [0.717, 1.165) is 27.0 Å². The lowest BCUT2D eigenvalue weighted by atomic mass is 10.1. The molecule has 4 rings (SSSR count). The molecule has 2 aromatic heterocycles. The first-order valence-electron chi connectivity index (χ1n) is 11.0. The number of para-hydroxylation sites is 1. The molecule has 0 aliphatic carbocycles. The van der Waals surface area contributed by atoms with Gasteiger partial charge in [-0.3, -0.25) is 19.0 Å². The van der Waals surface area contributed by atoms with Gasteiger partial charge < -0.3 is 10.2 Å². The zero-order valence-electron chi connectivity index (χ0n) is 20.2. The largest absolute Gasteiger partial charge is 0.344 e. The fourth-order valence-corrected chi connectivity index (χ4v) is 5.30. The van der Waals surface area contributed by atoms with Crippen molar-refractivity contribution in [2.45, 2.75) is 27.3 Å². The maximum atomic E-state index is 13.6. The first kappa shape index (κ1) is 24.2. The molecule has 4 aromatic rings. The van der Waals surface area contributed by atoms with Crippen LogP contribution in [0.15, 0.2) is 58.1 Å². The summed E-state index contributed by atoms with van der Waals surface area (Å²) in [4.78, 5) is 55.0. The summed E-state index contributed by atoms with van der Waals surface area (Å²) < 4.78 is 2.32. The first-order valence-corrected chi connectivity index (χ1v) is 11.8. The molecule has 0 atom stereocenters. The highest BCUT2D eigenvalue weighted by molar-refractivity contribution is 7.20. The highest BCUT2D eigenvalue weighted by Gasteiger charge is 2.25.